The second-order valence-corrected chi connectivity index (χ2v) is 7.44. The average molecular weight is 426 g/mol. The fraction of sp³-hybridized carbons (Fsp3) is 0.217. The van der Waals surface area contributed by atoms with Gasteiger partial charge in [-0.2, -0.15) is 0 Å². The van der Waals surface area contributed by atoms with Crippen molar-refractivity contribution in [3.63, 3.8) is 0 Å². The van der Waals surface area contributed by atoms with Crippen LogP contribution in [0.5, 0.6) is 11.5 Å². The standard InChI is InChI=1S/C23H20ClNO5/c1-5-8-25-20(13-6-7-16(28-3)18(10-13)29-4)19-21(26)14-11-15(24)12(2)9-17(14)30-22(19)23(25)27/h5-7,9-11,20H,1,8H2,2-4H3. The van der Waals surface area contributed by atoms with E-state index in [0.717, 1.165) is 5.56 Å². The molecule has 0 spiro atoms. The van der Waals surface area contributed by atoms with E-state index in [4.69, 9.17) is 25.5 Å². The molecule has 7 heteroatoms. The normalized spacial score (nSPS) is 15.4. The first-order chi connectivity index (χ1) is 14.4. The molecule has 0 saturated heterocycles. The van der Waals surface area contributed by atoms with Gasteiger partial charge in [0.1, 0.15) is 5.58 Å². The predicted molar refractivity (Wildman–Crippen MR) is 115 cm³/mol. The lowest BCUT2D eigenvalue weighted by molar-refractivity contribution is 0.0748. The molecule has 1 atom stereocenters. The second kappa shape index (κ2) is 7.54. The average Bonchev–Trinajstić information content (AvgIpc) is 3.01. The van der Waals surface area contributed by atoms with Crippen molar-refractivity contribution in [3.8, 4) is 11.5 Å². The number of nitrogens with zero attached hydrogens (tertiary/aromatic N) is 1. The number of hydrogen-bond donors (Lipinski definition) is 0. The zero-order valence-electron chi connectivity index (χ0n) is 16.8. The van der Waals surface area contributed by atoms with Crippen LogP contribution >= 0.6 is 11.6 Å². The Labute approximate surface area is 178 Å². The third-order valence-electron chi connectivity index (χ3n) is 5.30. The van der Waals surface area contributed by atoms with Gasteiger partial charge in [0.15, 0.2) is 16.9 Å². The molecule has 2 heterocycles. The number of rotatable bonds is 5. The fourth-order valence-electron chi connectivity index (χ4n) is 3.84. The molecule has 0 radical (unpaired) electrons. The predicted octanol–water partition coefficient (Wildman–Crippen LogP) is 4.50. The molecule has 0 aliphatic carbocycles. The third-order valence-corrected chi connectivity index (χ3v) is 5.70. The van der Waals surface area contributed by atoms with Crippen molar-refractivity contribution in [2.24, 2.45) is 0 Å². The maximum absolute atomic E-state index is 13.5. The summed E-state index contributed by atoms with van der Waals surface area (Å²) in [5.41, 5.74) is 1.79. The monoisotopic (exact) mass is 425 g/mol. The third kappa shape index (κ3) is 2.95. The highest BCUT2D eigenvalue weighted by molar-refractivity contribution is 6.32. The fourth-order valence-corrected chi connectivity index (χ4v) is 4.00. The van der Waals surface area contributed by atoms with Crippen molar-refractivity contribution < 1.29 is 18.7 Å². The lowest BCUT2D eigenvalue weighted by Crippen LogP contribution is -2.29. The zero-order valence-corrected chi connectivity index (χ0v) is 17.6. The van der Waals surface area contributed by atoms with Crippen LogP contribution in [0.15, 0.2) is 52.2 Å². The summed E-state index contributed by atoms with van der Waals surface area (Å²) in [4.78, 5) is 28.2. The Balaban J connectivity index is 2.01. The van der Waals surface area contributed by atoms with Gasteiger partial charge in [-0.3, -0.25) is 9.59 Å². The van der Waals surface area contributed by atoms with Gasteiger partial charge in [-0.25, -0.2) is 0 Å². The maximum atomic E-state index is 13.5. The van der Waals surface area contributed by atoms with Gasteiger partial charge >= 0.3 is 0 Å². The van der Waals surface area contributed by atoms with Crippen molar-refractivity contribution in [1.82, 2.24) is 4.90 Å². The molecule has 0 saturated carbocycles. The first-order valence-corrected chi connectivity index (χ1v) is 9.69. The highest BCUT2D eigenvalue weighted by atomic mass is 35.5. The van der Waals surface area contributed by atoms with E-state index >= 15 is 0 Å². The highest BCUT2D eigenvalue weighted by Crippen LogP contribution is 2.41. The van der Waals surface area contributed by atoms with Crippen LogP contribution in [0, 0.1) is 6.92 Å². The number of amides is 1. The summed E-state index contributed by atoms with van der Waals surface area (Å²) in [5, 5.41) is 0.799. The summed E-state index contributed by atoms with van der Waals surface area (Å²) in [6.07, 6.45) is 1.61. The summed E-state index contributed by atoms with van der Waals surface area (Å²) in [7, 11) is 3.07. The molecule has 30 heavy (non-hydrogen) atoms. The molecule has 1 amide bonds. The van der Waals surface area contributed by atoms with Crippen molar-refractivity contribution in [3.05, 3.63) is 80.7 Å². The number of carbonyl (C=O) groups excluding carboxylic acids is 1. The lowest BCUT2D eigenvalue weighted by atomic mass is 9.98. The molecule has 4 rings (SSSR count). The highest BCUT2D eigenvalue weighted by Gasteiger charge is 2.42. The number of halogens is 1. The van der Waals surface area contributed by atoms with Crippen molar-refractivity contribution >= 4 is 28.5 Å². The molecule has 2 aromatic carbocycles. The molecule has 1 unspecified atom stereocenters. The molecule has 154 valence electrons. The van der Waals surface area contributed by atoms with E-state index in [1.165, 1.54) is 7.11 Å². The van der Waals surface area contributed by atoms with Gasteiger partial charge in [0.2, 0.25) is 5.76 Å². The minimum atomic E-state index is -0.647. The quantitative estimate of drug-likeness (QED) is 0.563. The van der Waals surface area contributed by atoms with Crippen LogP contribution in [0.3, 0.4) is 0 Å². The van der Waals surface area contributed by atoms with E-state index < -0.39 is 6.04 Å². The largest absolute Gasteiger partial charge is 0.493 e. The van der Waals surface area contributed by atoms with Crippen LogP contribution in [0.4, 0.5) is 0 Å². The van der Waals surface area contributed by atoms with Gasteiger partial charge in [0, 0.05) is 11.6 Å². The van der Waals surface area contributed by atoms with E-state index in [1.54, 1.807) is 48.4 Å². The minimum Gasteiger partial charge on any atom is -0.493 e. The summed E-state index contributed by atoms with van der Waals surface area (Å²) in [5.74, 6) is 0.722. The molecule has 1 aliphatic rings. The van der Waals surface area contributed by atoms with Crippen molar-refractivity contribution in [2.75, 3.05) is 20.8 Å². The first-order valence-electron chi connectivity index (χ1n) is 9.31. The Morgan fingerprint density at radius 3 is 2.57 bits per heavy atom. The van der Waals surface area contributed by atoms with E-state index in [-0.39, 0.29) is 29.2 Å². The Kier molecular flexibility index (Phi) is 5.03. The van der Waals surface area contributed by atoms with E-state index in [1.807, 2.05) is 6.92 Å². The van der Waals surface area contributed by atoms with Gasteiger partial charge in [-0.1, -0.05) is 23.7 Å². The molecular weight excluding hydrogens is 406 g/mol. The molecular formula is C23H20ClNO5. The molecule has 0 N–H and O–H groups in total. The zero-order chi connectivity index (χ0) is 21.6. The Morgan fingerprint density at radius 2 is 1.90 bits per heavy atom. The van der Waals surface area contributed by atoms with Crippen LogP contribution < -0.4 is 14.9 Å². The number of benzene rings is 2. The number of fused-ring (bicyclic) bond motifs is 2. The maximum Gasteiger partial charge on any atom is 0.291 e. The molecule has 1 aromatic heterocycles. The van der Waals surface area contributed by atoms with Crippen LogP contribution in [0.25, 0.3) is 11.0 Å². The van der Waals surface area contributed by atoms with E-state index in [2.05, 4.69) is 6.58 Å². The second-order valence-electron chi connectivity index (χ2n) is 7.03. The van der Waals surface area contributed by atoms with Crippen molar-refractivity contribution in [2.45, 2.75) is 13.0 Å². The van der Waals surface area contributed by atoms with Crippen LogP contribution in [0.1, 0.15) is 33.3 Å². The molecule has 0 fully saturated rings. The van der Waals surface area contributed by atoms with Crippen LogP contribution in [-0.4, -0.2) is 31.6 Å². The molecule has 6 nitrogen and oxygen atoms in total. The molecule has 3 aromatic rings. The van der Waals surface area contributed by atoms with Crippen LogP contribution in [-0.2, 0) is 0 Å². The lowest BCUT2D eigenvalue weighted by Gasteiger charge is -2.24. The van der Waals surface area contributed by atoms with Gasteiger partial charge in [-0.05, 0) is 42.3 Å². The Hall–Kier alpha value is -3.25. The summed E-state index contributed by atoms with van der Waals surface area (Å²) < 4.78 is 16.6. The van der Waals surface area contributed by atoms with E-state index in [0.29, 0.717) is 33.1 Å². The SMILES string of the molecule is C=CCN1C(=O)c2oc3cc(C)c(Cl)cc3c(=O)c2C1c1ccc(OC)c(OC)c1. The number of hydrogen-bond acceptors (Lipinski definition) is 5. The number of methoxy groups -OCH3 is 2. The topological polar surface area (TPSA) is 69.0 Å². The Morgan fingerprint density at radius 1 is 1.17 bits per heavy atom. The summed E-state index contributed by atoms with van der Waals surface area (Å²) in [6.45, 7) is 5.81. The van der Waals surface area contributed by atoms with Crippen molar-refractivity contribution in [1.29, 1.82) is 0 Å². The molecule has 0 bridgehead atoms. The van der Waals surface area contributed by atoms with Crippen LogP contribution in [0.2, 0.25) is 5.02 Å². The summed E-state index contributed by atoms with van der Waals surface area (Å²) >= 11 is 6.24. The van der Waals surface area contributed by atoms with Gasteiger partial charge in [0.05, 0.1) is 31.2 Å². The number of carbonyl (C=O) groups is 1. The van der Waals surface area contributed by atoms with Gasteiger partial charge in [0.25, 0.3) is 5.91 Å². The first kappa shape index (κ1) is 20.0. The Bertz CT molecular complexity index is 1250. The van der Waals surface area contributed by atoms with Gasteiger partial charge < -0.3 is 18.8 Å². The number of ether oxygens (including phenoxy) is 2. The van der Waals surface area contributed by atoms with Gasteiger partial charge in [-0.15, -0.1) is 6.58 Å². The molecule has 1 aliphatic heterocycles. The minimum absolute atomic E-state index is 0.0378. The smallest absolute Gasteiger partial charge is 0.291 e. The van der Waals surface area contributed by atoms with E-state index in [9.17, 15) is 9.59 Å². The number of aryl methyl sites for hydroxylation is 1. The summed E-state index contributed by atoms with van der Waals surface area (Å²) in [6, 6.07) is 7.92.